The third-order valence-corrected chi connectivity index (χ3v) is 2.50. The first-order chi connectivity index (χ1) is 8.13. The van der Waals surface area contributed by atoms with E-state index in [0.29, 0.717) is 6.54 Å². The van der Waals surface area contributed by atoms with Gasteiger partial charge in [0.2, 0.25) is 11.8 Å². The number of nitrogens with zero attached hydrogens (tertiary/aromatic N) is 1. The van der Waals surface area contributed by atoms with E-state index in [-0.39, 0.29) is 49.7 Å². The van der Waals surface area contributed by atoms with Gasteiger partial charge in [-0.3, -0.25) is 9.59 Å². The van der Waals surface area contributed by atoms with Gasteiger partial charge < -0.3 is 21.3 Å². The summed E-state index contributed by atoms with van der Waals surface area (Å²) in [5, 5.41) is 5.16. The molecule has 0 spiro atoms. The van der Waals surface area contributed by atoms with E-state index in [0.717, 1.165) is 26.1 Å². The summed E-state index contributed by atoms with van der Waals surface area (Å²) >= 11 is 0. The van der Waals surface area contributed by atoms with Gasteiger partial charge in [0, 0.05) is 6.54 Å². The molecule has 0 aromatic heterocycles. The van der Waals surface area contributed by atoms with Crippen LogP contribution < -0.4 is 16.4 Å². The summed E-state index contributed by atoms with van der Waals surface area (Å²) in [5.41, 5.74) is 5.09. The van der Waals surface area contributed by atoms with E-state index in [1.165, 1.54) is 0 Å². The van der Waals surface area contributed by atoms with Crippen LogP contribution in [0.1, 0.15) is 20.3 Å². The summed E-state index contributed by atoms with van der Waals surface area (Å²) < 4.78 is 0. The van der Waals surface area contributed by atoms with Gasteiger partial charge in [0.25, 0.3) is 0 Å². The lowest BCUT2D eigenvalue weighted by Gasteiger charge is -2.17. The Bertz CT molecular complexity index is 239. The molecule has 116 valence electrons. The molecule has 0 radical (unpaired) electrons. The summed E-state index contributed by atoms with van der Waals surface area (Å²) in [6.07, 6.45) is 0.915. The van der Waals surface area contributed by atoms with E-state index >= 15 is 0 Å². The highest BCUT2D eigenvalue weighted by Crippen LogP contribution is 1.88. The molecule has 0 aliphatic heterocycles. The molecular formula is C11H26Cl2N4O2. The number of nitrogens with one attached hydrogen (secondary N) is 2. The van der Waals surface area contributed by atoms with Gasteiger partial charge in [0.05, 0.1) is 13.1 Å². The van der Waals surface area contributed by atoms with Gasteiger partial charge in [0.15, 0.2) is 0 Å². The van der Waals surface area contributed by atoms with Crippen molar-refractivity contribution in [2.24, 2.45) is 5.73 Å². The lowest BCUT2D eigenvalue weighted by atomic mass is 10.3. The second-order valence-corrected chi connectivity index (χ2v) is 3.71. The molecule has 2 amide bonds. The van der Waals surface area contributed by atoms with Crippen LogP contribution >= 0.6 is 24.8 Å². The van der Waals surface area contributed by atoms with Crippen molar-refractivity contribution in [2.75, 3.05) is 39.3 Å². The predicted octanol–water partition coefficient (Wildman–Crippen LogP) is -0.247. The molecule has 6 nitrogen and oxygen atoms in total. The second-order valence-electron chi connectivity index (χ2n) is 3.71. The highest BCUT2D eigenvalue weighted by molar-refractivity contribution is 5.86. The monoisotopic (exact) mass is 316 g/mol. The standard InChI is InChI=1S/C11H24N4O2.2ClH/c1-3-15(4-2)7-5-6-13-11(17)9-14-10(16)8-12;;/h3-9,12H2,1-2H3,(H,13,17)(H,14,16);2*1H. The second kappa shape index (κ2) is 15.5. The SMILES string of the molecule is CCN(CC)CCCNC(=O)CNC(=O)CN.Cl.Cl. The molecular weight excluding hydrogens is 291 g/mol. The van der Waals surface area contributed by atoms with Crippen LogP contribution in [0.15, 0.2) is 0 Å². The normalized spacial score (nSPS) is 9.26. The molecule has 0 fully saturated rings. The van der Waals surface area contributed by atoms with E-state index in [1.54, 1.807) is 0 Å². The molecule has 0 heterocycles. The lowest BCUT2D eigenvalue weighted by molar-refractivity contribution is -0.125. The number of hydrogen-bond donors (Lipinski definition) is 3. The van der Waals surface area contributed by atoms with E-state index in [9.17, 15) is 9.59 Å². The first-order valence-electron chi connectivity index (χ1n) is 6.09. The van der Waals surface area contributed by atoms with E-state index in [4.69, 9.17) is 5.73 Å². The topological polar surface area (TPSA) is 87.5 Å². The average Bonchev–Trinajstić information content (AvgIpc) is 2.36. The number of rotatable bonds is 9. The molecule has 0 aliphatic rings. The van der Waals surface area contributed by atoms with Gasteiger partial charge in [-0.05, 0) is 26.1 Å². The van der Waals surface area contributed by atoms with Crippen molar-refractivity contribution in [3.05, 3.63) is 0 Å². The number of halogens is 2. The minimum atomic E-state index is -0.316. The quantitative estimate of drug-likeness (QED) is 0.512. The zero-order valence-electron chi connectivity index (χ0n) is 11.6. The first-order valence-corrected chi connectivity index (χ1v) is 6.09. The zero-order chi connectivity index (χ0) is 13.1. The Hall–Kier alpha value is -0.560. The van der Waals surface area contributed by atoms with Crippen LogP contribution in [-0.4, -0.2) is 56.0 Å². The molecule has 8 heteroatoms. The summed E-state index contributed by atoms with van der Waals surface area (Å²) in [5.74, 6) is -0.491. The van der Waals surface area contributed by atoms with Crippen molar-refractivity contribution in [1.82, 2.24) is 15.5 Å². The van der Waals surface area contributed by atoms with Crippen molar-refractivity contribution >= 4 is 36.6 Å². The maximum atomic E-state index is 11.3. The Labute approximate surface area is 127 Å². The zero-order valence-corrected chi connectivity index (χ0v) is 13.2. The number of carbonyl (C=O) groups excluding carboxylic acids is 2. The Balaban J connectivity index is -0.00000128. The minimum Gasteiger partial charge on any atom is -0.355 e. The van der Waals surface area contributed by atoms with Crippen LogP contribution in [0.5, 0.6) is 0 Å². The maximum Gasteiger partial charge on any atom is 0.239 e. The van der Waals surface area contributed by atoms with Crippen LogP contribution in [0.25, 0.3) is 0 Å². The molecule has 0 rings (SSSR count). The van der Waals surface area contributed by atoms with Crippen molar-refractivity contribution in [1.29, 1.82) is 0 Å². The summed E-state index contributed by atoms with van der Waals surface area (Å²) in [6.45, 7) is 7.80. The van der Waals surface area contributed by atoms with Gasteiger partial charge in [-0.1, -0.05) is 13.8 Å². The van der Waals surface area contributed by atoms with Gasteiger partial charge in [-0.2, -0.15) is 0 Å². The first kappa shape index (κ1) is 23.5. The molecule has 0 aliphatic carbocycles. The van der Waals surface area contributed by atoms with E-state index in [1.807, 2.05) is 0 Å². The summed E-state index contributed by atoms with van der Waals surface area (Å²) in [6, 6.07) is 0. The summed E-state index contributed by atoms with van der Waals surface area (Å²) in [4.78, 5) is 24.4. The molecule has 0 saturated carbocycles. The van der Waals surface area contributed by atoms with Crippen LogP contribution in [-0.2, 0) is 9.59 Å². The average molecular weight is 317 g/mol. The third kappa shape index (κ3) is 13.7. The molecule has 0 saturated heterocycles. The molecule has 4 N–H and O–H groups in total. The highest BCUT2D eigenvalue weighted by Gasteiger charge is 2.03. The fourth-order valence-electron chi connectivity index (χ4n) is 1.38. The number of carbonyl (C=O) groups is 2. The number of hydrogen-bond acceptors (Lipinski definition) is 4. The van der Waals surface area contributed by atoms with Gasteiger partial charge >= 0.3 is 0 Å². The van der Waals surface area contributed by atoms with Gasteiger partial charge in [0.1, 0.15) is 0 Å². The van der Waals surface area contributed by atoms with Crippen LogP contribution in [0.2, 0.25) is 0 Å². The van der Waals surface area contributed by atoms with Crippen LogP contribution in [0.4, 0.5) is 0 Å². The van der Waals surface area contributed by atoms with Gasteiger partial charge in [-0.25, -0.2) is 0 Å². The molecule has 0 bridgehead atoms. The smallest absolute Gasteiger partial charge is 0.239 e. The third-order valence-electron chi connectivity index (χ3n) is 2.50. The fraction of sp³-hybridized carbons (Fsp3) is 0.818. The highest BCUT2D eigenvalue weighted by atomic mass is 35.5. The lowest BCUT2D eigenvalue weighted by Crippen LogP contribution is -2.40. The minimum absolute atomic E-state index is 0. The molecule has 0 atom stereocenters. The van der Waals surface area contributed by atoms with Crippen LogP contribution in [0, 0.1) is 0 Å². The molecule has 0 aromatic rings. The van der Waals surface area contributed by atoms with Crippen LogP contribution in [0.3, 0.4) is 0 Å². The predicted molar refractivity (Wildman–Crippen MR) is 82.0 cm³/mol. The molecule has 0 unspecified atom stereocenters. The van der Waals surface area contributed by atoms with Crippen molar-refractivity contribution < 1.29 is 9.59 Å². The Kier molecular flexibility index (Phi) is 19.2. The van der Waals surface area contributed by atoms with E-state index in [2.05, 4.69) is 29.4 Å². The Morgan fingerprint density at radius 3 is 2.11 bits per heavy atom. The van der Waals surface area contributed by atoms with Crippen molar-refractivity contribution in [3.63, 3.8) is 0 Å². The molecule has 19 heavy (non-hydrogen) atoms. The largest absolute Gasteiger partial charge is 0.355 e. The maximum absolute atomic E-state index is 11.3. The fourth-order valence-corrected chi connectivity index (χ4v) is 1.38. The van der Waals surface area contributed by atoms with E-state index < -0.39 is 0 Å². The number of nitrogens with two attached hydrogens (primary N) is 1. The Morgan fingerprint density at radius 2 is 1.63 bits per heavy atom. The molecule has 0 aromatic carbocycles. The number of amides is 2. The summed E-state index contributed by atoms with van der Waals surface area (Å²) in [7, 11) is 0. The van der Waals surface area contributed by atoms with Gasteiger partial charge in [-0.15, -0.1) is 24.8 Å². The van der Waals surface area contributed by atoms with Crippen molar-refractivity contribution in [3.8, 4) is 0 Å². The van der Waals surface area contributed by atoms with Crippen molar-refractivity contribution in [2.45, 2.75) is 20.3 Å². The Morgan fingerprint density at radius 1 is 1.05 bits per heavy atom.